The highest BCUT2D eigenvalue weighted by molar-refractivity contribution is 7.92. The number of nitrogens with zero attached hydrogens (tertiary/aromatic N) is 3. The van der Waals surface area contributed by atoms with Gasteiger partial charge in [0.05, 0.1) is 10.5 Å². The molecule has 1 aliphatic rings. The largest absolute Gasteiger partial charge is 0.339 e. The lowest BCUT2D eigenvalue weighted by molar-refractivity contribution is 0.0723. The van der Waals surface area contributed by atoms with E-state index in [1.807, 2.05) is 0 Å². The fourth-order valence-corrected chi connectivity index (χ4v) is 3.53. The van der Waals surface area contributed by atoms with E-state index in [0.717, 1.165) is 32.4 Å². The van der Waals surface area contributed by atoms with Crippen LogP contribution in [-0.2, 0) is 10.0 Å². The number of nitrogens with one attached hydrogen (secondary N) is 1. The van der Waals surface area contributed by atoms with E-state index in [0.29, 0.717) is 5.56 Å². The van der Waals surface area contributed by atoms with Crippen molar-refractivity contribution in [2.75, 3.05) is 17.8 Å². The first-order chi connectivity index (χ1) is 11.6. The Bertz CT molecular complexity index is 801. The number of aromatic nitrogens is 2. The standard InChI is InChI=1S/C16H18N4O3S/c21-15(20-9-5-2-6-10-20)13-11-17-16(18-12-13)19-24(22,23)14-7-3-1-4-8-14/h1,3-4,7-8,11-12H,2,5-6,9-10H2,(H,17,18,19). The Morgan fingerprint density at radius 2 is 1.62 bits per heavy atom. The summed E-state index contributed by atoms with van der Waals surface area (Å²) in [4.78, 5) is 22.1. The van der Waals surface area contributed by atoms with Crippen LogP contribution in [0, 0.1) is 0 Å². The number of amides is 1. The van der Waals surface area contributed by atoms with Crippen molar-refractivity contribution in [3.05, 3.63) is 48.3 Å². The van der Waals surface area contributed by atoms with Gasteiger partial charge in [0.2, 0.25) is 5.95 Å². The van der Waals surface area contributed by atoms with Crippen LogP contribution in [0.15, 0.2) is 47.6 Å². The molecule has 0 radical (unpaired) electrons. The lowest BCUT2D eigenvalue weighted by atomic mass is 10.1. The summed E-state index contributed by atoms with van der Waals surface area (Å²) in [7, 11) is -3.74. The third kappa shape index (κ3) is 3.70. The van der Waals surface area contributed by atoms with Crippen molar-refractivity contribution in [2.45, 2.75) is 24.2 Å². The van der Waals surface area contributed by atoms with E-state index in [-0.39, 0.29) is 16.8 Å². The highest BCUT2D eigenvalue weighted by Crippen LogP contribution is 2.14. The summed E-state index contributed by atoms with van der Waals surface area (Å²) < 4.78 is 26.7. The first-order valence-corrected chi connectivity index (χ1v) is 9.24. The number of hydrogen-bond donors (Lipinski definition) is 1. The number of likely N-dealkylation sites (tertiary alicyclic amines) is 1. The average Bonchev–Trinajstić information content (AvgIpc) is 2.63. The Morgan fingerprint density at radius 1 is 1.00 bits per heavy atom. The van der Waals surface area contributed by atoms with Gasteiger partial charge < -0.3 is 4.90 Å². The number of sulfonamides is 1. The highest BCUT2D eigenvalue weighted by atomic mass is 32.2. The maximum absolute atomic E-state index is 12.3. The van der Waals surface area contributed by atoms with Crippen LogP contribution in [0.1, 0.15) is 29.6 Å². The average molecular weight is 346 g/mol. The van der Waals surface area contributed by atoms with Gasteiger partial charge in [-0.25, -0.2) is 23.1 Å². The monoisotopic (exact) mass is 346 g/mol. The number of benzene rings is 1. The van der Waals surface area contributed by atoms with Crippen molar-refractivity contribution in [1.82, 2.24) is 14.9 Å². The third-order valence-corrected chi connectivity index (χ3v) is 5.17. The summed E-state index contributed by atoms with van der Waals surface area (Å²) in [5.41, 5.74) is 0.361. The number of rotatable bonds is 4. The minimum Gasteiger partial charge on any atom is -0.339 e. The van der Waals surface area contributed by atoms with E-state index in [2.05, 4.69) is 14.7 Å². The summed E-state index contributed by atoms with van der Waals surface area (Å²) in [6, 6.07) is 7.97. The third-order valence-electron chi connectivity index (χ3n) is 3.82. The second-order valence-electron chi connectivity index (χ2n) is 5.57. The van der Waals surface area contributed by atoms with Gasteiger partial charge in [0.15, 0.2) is 0 Å². The number of hydrogen-bond acceptors (Lipinski definition) is 5. The Morgan fingerprint density at radius 3 is 2.25 bits per heavy atom. The molecule has 3 rings (SSSR count). The van der Waals surface area contributed by atoms with E-state index in [1.54, 1.807) is 23.1 Å². The van der Waals surface area contributed by atoms with E-state index in [4.69, 9.17) is 0 Å². The molecular formula is C16H18N4O3S. The van der Waals surface area contributed by atoms with E-state index < -0.39 is 10.0 Å². The number of carbonyl (C=O) groups excluding carboxylic acids is 1. The summed E-state index contributed by atoms with van der Waals surface area (Å²) in [5.74, 6) is -0.179. The molecule has 1 aromatic carbocycles. The van der Waals surface area contributed by atoms with Crippen LogP contribution >= 0.6 is 0 Å². The normalized spacial score (nSPS) is 15.1. The minimum absolute atomic E-state index is 0.0611. The van der Waals surface area contributed by atoms with Crippen LogP contribution in [0.4, 0.5) is 5.95 Å². The fourth-order valence-electron chi connectivity index (χ4n) is 2.55. The lowest BCUT2D eigenvalue weighted by Crippen LogP contribution is -2.35. The predicted molar refractivity (Wildman–Crippen MR) is 89.0 cm³/mol. The molecule has 8 heteroatoms. The van der Waals surface area contributed by atoms with Crippen LogP contribution in [0.2, 0.25) is 0 Å². The van der Waals surface area contributed by atoms with Crippen molar-refractivity contribution in [2.24, 2.45) is 0 Å². The SMILES string of the molecule is O=C(c1cnc(NS(=O)(=O)c2ccccc2)nc1)N1CCCCC1. The van der Waals surface area contributed by atoms with Crippen LogP contribution in [0.5, 0.6) is 0 Å². The predicted octanol–water partition coefficient (Wildman–Crippen LogP) is 1.90. The molecule has 1 aliphatic heterocycles. The molecule has 0 aliphatic carbocycles. The van der Waals surface area contributed by atoms with Crippen molar-refractivity contribution < 1.29 is 13.2 Å². The molecule has 1 saturated heterocycles. The van der Waals surface area contributed by atoms with Crippen molar-refractivity contribution >= 4 is 21.9 Å². The molecule has 1 fully saturated rings. The zero-order chi connectivity index (χ0) is 17.0. The maximum atomic E-state index is 12.3. The highest BCUT2D eigenvalue weighted by Gasteiger charge is 2.20. The molecule has 24 heavy (non-hydrogen) atoms. The molecule has 1 amide bonds. The Hall–Kier alpha value is -2.48. The molecule has 2 heterocycles. The van der Waals surface area contributed by atoms with Crippen molar-refractivity contribution in [3.63, 3.8) is 0 Å². The molecule has 126 valence electrons. The number of piperidine rings is 1. The zero-order valence-electron chi connectivity index (χ0n) is 13.1. The molecule has 0 atom stereocenters. The van der Waals surface area contributed by atoms with Gasteiger partial charge in [-0.15, -0.1) is 0 Å². The molecule has 0 saturated carbocycles. The van der Waals surface area contributed by atoms with Gasteiger partial charge in [-0.3, -0.25) is 4.79 Å². The van der Waals surface area contributed by atoms with E-state index >= 15 is 0 Å². The van der Waals surface area contributed by atoms with Crippen molar-refractivity contribution in [3.8, 4) is 0 Å². The quantitative estimate of drug-likeness (QED) is 0.913. The summed E-state index contributed by atoms with van der Waals surface area (Å²) in [6.45, 7) is 1.47. The fraction of sp³-hybridized carbons (Fsp3) is 0.312. The summed E-state index contributed by atoms with van der Waals surface area (Å²) in [6.07, 6.45) is 5.85. The van der Waals surface area contributed by atoms with Crippen LogP contribution < -0.4 is 4.72 Å². The van der Waals surface area contributed by atoms with Crippen LogP contribution in [-0.4, -0.2) is 42.3 Å². The lowest BCUT2D eigenvalue weighted by Gasteiger charge is -2.26. The van der Waals surface area contributed by atoms with Gasteiger partial charge in [0.25, 0.3) is 15.9 Å². The van der Waals surface area contributed by atoms with Gasteiger partial charge in [0.1, 0.15) is 0 Å². The summed E-state index contributed by atoms with van der Waals surface area (Å²) >= 11 is 0. The van der Waals surface area contributed by atoms with Gasteiger partial charge in [0, 0.05) is 25.5 Å². The minimum atomic E-state index is -3.74. The molecule has 1 aromatic heterocycles. The second kappa shape index (κ2) is 6.96. The number of carbonyl (C=O) groups is 1. The number of anilines is 1. The molecule has 1 N–H and O–H groups in total. The molecular weight excluding hydrogens is 328 g/mol. The Labute approximate surface area is 140 Å². The van der Waals surface area contributed by atoms with E-state index in [1.165, 1.54) is 24.5 Å². The van der Waals surface area contributed by atoms with Gasteiger partial charge in [-0.2, -0.15) is 0 Å². The Kier molecular flexibility index (Phi) is 4.75. The topological polar surface area (TPSA) is 92.3 Å². The molecule has 2 aromatic rings. The molecule has 7 nitrogen and oxygen atoms in total. The first kappa shape index (κ1) is 16.4. The smallest absolute Gasteiger partial charge is 0.264 e. The molecule has 0 spiro atoms. The van der Waals surface area contributed by atoms with Gasteiger partial charge in [-0.1, -0.05) is 18.2 Å². The zero-order valence-corrected chi connectivity index (χ0v) is 13.9. The van der Waals surface area contributed by atoms with Crippen LogP contribution in [0.3, 0.4) is 0 Å². The van der Waals surface area contributed by atoms with Gasteiger partial charge in [-0.05, 0) is 31.4 Å². The van der Waals surface area contributed by atoms with Gasteiger partial charge >= 0.3 is 0 Å². The van der Waals surface area contributed by atoms with Crippen molar-refractivity contribution in [1.29, 1.82) is 0 Å². The maximum Gasteiger partial charge on any atom is 0.264 e. The molecule has 0 bridgehead atoms. The second-order valence-corrected chi connectivity index (χ2v) is 7.25. The first-order valence-electron chi connectivity index (χ1n) is 7.75. The molecule has 0 unspecified atom stereocenters. The van der Waals surface area contributed by atoms with E-state index in [9.17, 15) is 13.2 Å². The van der Waals surface area contributed by atoms with Crippen LogP contribution in [0.25, 0.3) is 0 Å². The summed E-state index contributed by atoms with van der Waals surface area (Å²) in [5, 5.41) is 0. The Balaban J connectivity index is 1.72.